The molecule has 2 aromatic heterocycles. The largest absolute Gasteiger partial charge is 0.508 e. The number of benzene rings is 3. The van der Waals surface area contributed by atoms with Gasteiger partial charge in [0, 0.05) is 39.6 Å². The number of aromatic hydroxyl groups is 2. The molecule has 0 unspecified atom stereocenters. The van der Waals surface area contributed by atoms with Gasteiger partial charge in [0.1, 0.15) is 11.5 Å². The molecular weight excluding hydrogens is 424 g/mol. The van der Waals surface area contributed by atoms with E-state index < -0.39 is 0 Å². The predicted octanol–water partition coefficient (Wildman–Crippen LogP) is 6.46. The summed E-state index contributed by atoms with van der Waals surface area (Å²) in [6, 6.07) is 9.96. The minimum atomic E-state index is -0.298. The average Bonchev–Trinajstić information content (AvgIpc) is 3.40. The number of aromatic nitrogens is 2. The van der Waals surface area contributed by atoms with Gasteiger partial charge in [-0.2, -0.15) is 0 Å². The number of fused-ring (bicyclic) bond motifs is 10. The molecule has 1 aliphatic rings. The molecule has 3 N–H and O–H groups in total. The Bertz CT molecular complexity index is 1560. The van der Waals surface area contributed by atoms with Gasteiger partial charge in [0.25, 0.3) is 0 Å². The number of carbonyl (C=O) groups is 2. The molecule has 0 spiro atoms. The molecule has 164 valence electrons. The Morgan fingerprint density at radius 1 is 0.812 bits per heavy atom. The number of carbonyl (C=O) groups excluding carboxylic acids is 2. The van der Waals surface area contributed by atoms with Crippen molar-refractivity contribution >= 4 is 65.6 Å². The Balaban J connectivity index is 0.000000582. The Morgan fingerprint density at radius 2 is 1.38 bits per heavy atom. The zero-order valence-corrected chi connectivity index (χ0v) is 19.3. The maximum Gasteiger partial charge on any atom is 0.228 e. The molecule has 3 aromatic carbocycles. The summed E-state index contributed by atoms with van der Waals surface area (Å²) in [6.45, 7) is 8.00. The average molecular weight is 449 g/mol. The molecule has 0 fully saturated rings. The Hall–Kier alpha value is -3.45. The van der Waals surface area contributed by atoms with Crippen molar-refractivity contribution < 1.29 is 19.8 Å². The fourth-order valence-corrected chi connectivity index (χ4v) is 5.22. The zero-order chi connectivity index (χ0) is 23.3. The SMILES string of the molecule is CC.CC.Cn1c2ccc(O)cc2c2c3c(c4c5cc(O)ccc5[nH]c4c21)C(=O)SC3=O. The molecule has 7 heteroatoms. The van der Waals surface area contributed by atoms with Crippen LogP contribution in [0.1, 0.15) is 48.4 Å². The monoisotopic (exact) mass is 448 g/mol. The van der Waals surface area contributed by atoms with Gasteiger partial charge < -0.3 is 19.8 Å². The third-order valence-electron chi connectivity index (χ3n) is 5.55. The van der Waals surface area contributed by atoms with E-state index in [9.17, 15) is 19.8 Å². The molecule has 0 amide bonds. The van der Waals surface area contributed by atoms with Crippen LogP contribution in [0.3, 0.4) is 0 Å². The molecule has 0 saturated heterocycles. The van der Waals surface area contributed by atoms with Gasteiger partial charge in [0.05, 0.1) is 22.2 Å². The summed E-state index contributed by atoms with van der Waals surface area (Å²) in [4.78, 5) is 28.9. The lowest BCUT2D eigenvalue weighted by Gasteiger charge is -2.05. The van der Waals surface area contributed by atoms with Crippen molar-refractivity contribution in [2.45, 2.75) is 27.7 Å². The summed E-state index contributed by atoms with van der Waals surface area (Å²) in [7, 11) is 1.89. The van der Waals surface area contributed by atoms with Crippen molar-refractivity contribution in [2.75, 3.05) is 0 Å². The number of aryl methyl sites for hydroxylation is 1. The summed E-state index contributed by atoms with van der Waals surface area (Å²) < 4.78 is 1.96. The second-order valence-electron chi connectivity index (χ2n) is 7.02. The van der Waals surface area contributed by atoms with E-state index in [1.54, 1.807) is 36.4 Å². The molecule has 1 aliphatic heterocycles. The Kier molecular flexibility index (Phi) is 5.38. The predicted molar refractivity (Wildman–Crippen MR) is 132 cm³/mol. The molecule has 6 nitrogen and oxygen atoms in total. The summed E-state index contributed by atoms with van der Waals surface area (Å²) in [5.41, 5.74) is 3.88. The van der Waals surface area contributed by atoms with E-state index in [4.69, 9.17) is 0 Å². The molecule has 0 atom stereocenters. The van der Waals surface area contributed by atoms with Crippen LogP contribution in [-0.4, -0.2) is 30.0 Å². The number of rotatable bonds is 0. The van der Waals surface area contributed by atoms with Crippen LogP contribution in [0.15, 0.2) is 36.4 Å². The first-order valence-electron chi connectivity index (χ1n) is 10.6. The van der Waals surface area contributed by atoms with Crippen molar-refractivity contribution in [3.8, 4) is 11.5 Å². The van der Waals surface area contributed by atoms with E-state index in [0.717, 1.165) is 27.5 Å². The first-order valence-corrected chi connectivity index (χ1v) is 11.5. The molecule has 0 saturated carbocycles. The van der Waals surface area contributed by atoms with E-state index in [1.165, 1.54) is 0 Å². The molecule has 5 aromatic rings. The summed E-state index contributed by atoms with van der Waals surface area (Å²) in [5, 5.41) is 22.1. The standard InChI is InChI=1S/C21H12N2O4S.2C2H6/c1-23-13-5-3-9(25)7-11(13)15-17-16(20(26)28-21(17)27)14-10-6-8(24)2-4-12(10)22-18(14)19(15)23;2*1-2/h2-7,22,24-25H,1H3;2*1-2H3. The number of hydrogen-bond acceptors (Lipinski definition) is 5. The minimum absolute atomic E-state index is 0.0913. The van der Waals surface area contributed by atoms with Crippen molar-refractivity contribution in [3.05, 3.63) is 47.5 Å². The fourth-order valence-electron chi connectivity index (χ4n) is 4.44. The number of phenolic OH excluding ortho intramolecular Hbond substituents is 2. The molecular formula is C25H24N2O4S. The van der Waals surface area contributed by atoms with E-state index in [0.29, 0.717) is 39.0 Å². The number of thioether (sulfide) groups is 1. The summed E-state index contributed by atoms with van der Waals surface area (Å²) in [5.74, 6) is 0.188. The molecule has 3 heterocycles. The van der Waals surface area contributed by atoms with Gasteiger partial charge in [0.15, 0.2) is 0 Å². The molecule has 0 radical (unpaired) electrons. The lowest BCUT2D eigenvalue weighted by atomic mass is 9.96. The lowest BCUT2D eigenvalue weighted by Crippen LogP contribution is -1.96. The zero-order valence-electron chi connectivity index (χ0n) is 18.5. The molecule has 0 aliphatic carbocycles. The fraction of sp³-hybridized carbons (Fsp3) is 0.200. The van der Waals surface area contributed by atoms with Crippen molar-refractivity contribution in [2.24, 2.45) is 7.05 Å². The van der Waals surface area contributed by atoms with Crippen LogP contribution < -0.4 is 0 Å². The third kappa shape index (κ3) is 2.81. The van der Waals surface area contributed by atoms with Crippen molar-refractivity contribution in [3.63, 3.8) is 0 Å². The first kappa shape index (κ1) is 21.8. The van der Waals surface area contributed by atoms with Crippen LogP contribution in [-0.2, 0) is 7.05 Å². The van der Waals surface area contributed by atoms with E-state index in [1.807, 2.05) is 39.3 Å². The maximum absolute atomic E-state index is 12.8. The van der Waals surface area contributed by atoms with Gasteiger partial charge in [0.2, 0.25) is 10.2 Å². The van der Waals surface area contributed by atoms with Crippen LogP contribution in [0.25, 0.3) is 43.6 Å². The highest BCUT2D eigenvalue weighted by Gasteiger charge is 2.36. The Morgan fingerprint density at radius 3 is 2.03 bits per heavy atom. The van der Waals surface area contributed by atoms with Crippen LogP contribution in [0, 0.1) is 0 Å². The van der Waals surface area contributed by atoms with E-state index in [-0.39, 0.29) is 21.7 Å². The lowest BCUT2D eigenvalue weighted by molar-refractivity contribution is 0.108. The van der Waals surface area contributed by atoms with Gasteiger partial charge in [-0.25, -0.2) is 0 Å². The number of phenols is 2. The topological polar surface area (TPSA) is 95.3 Å². The number of nitrogens with zero attached hydrogens (tertiary/aromatic N) is 1. The number of hydrogen-bond donors (Lipinski definition) is 3. The van der Waals surface area contributed by atoms with Crippen LogP contribution in [0.4, 0.5) is 0 Å². The first-order chi connectivity index (χ1) is 15.5. The quantitative estimate of drug-likeness (QED) is 0.253. The van der Waals surface area contributed by atoms with Crippen LogP contribution in [0.2, 0.25) is 0 Å². The highest BCUT2D eigenvalue weighted by atomic mass is 32.2. The van der Waals surface area contributed by atoms with Crippen molar-refractivity contribution in [1.82, 2.24) is 9.55 Å². The number of H-pyrrole nitrogens is 1. The van der Waals surface area contributed by atoms with E-state index in [2.05, 4.69) is 4.98 Å². The highest BCUT2D eigenvalue weighted by Crippen LogP contribution is 2.47. The highest BCUT2D eigenvalue weighted by molar-refractivity contribution is 8.27. The van der Waals surface area contributed by atoms with Gasteiger partial charge in [-0.15, -0.1) is 0 Å². The second kappa shape index (κ2) is 7.91. The van der Waals surface area contributed by atoms with Crippen molar-refractivity contribution in [1.29, 1.82) is 0 Å². The van der Waals surface area contributed by atoms with E-state index >= 15 is 0 Å². The molecule has 6 rings (SSSR count). The number of aromatic amines is 1. The summed E-state index contributed by atoms with van der Waals surface area (Å²) >= 11 is 0.691. The molecule has 32 heavy (non-hydrogen) atoms. The smallest absolute Gasteiger partial charge is 0.228 e. The van der Waals surface area contributed by atoms with Gasteiger partial charge in [-0.05, 0) is 48.2 Å². The van der Waals surface area contributed by atoms with Crippen LogP contribution in [0.5, 0.6) is 11.5 Å². The minimum Gasteiger partial charge on any atom is -0.508 e. The maximum atomic E-state index is 12.8. The van der Waals surface area contributed by atoms with Gasteiger partial charge in [-0.3, -0.25) is 9.59 Å². The van der Waals surface area contributed by atoms with Gasteiger partial charge >= 0.3 is 0 Å². The normalized spacial score (nSPS) is 12.8. The molecule has 0 bridgehead atoms. The summed E-state index contributed by atoms with van der Waals surface area (Å²) in [6.07, 6.45) is 0. The number of nitrogens with one attached hydrogen (secondary N) is 1. The van der Waals surface area contributed by atoms with Crippen LogP contribution >= 0.6 is 11.8 Å². The Labute approximate surface area is 188 Å². The third-order valence-corrected chi connectivity index (χ3v) is 6.32. The second-order valence-corrected chi connectivity index (χ2v) is 7.96. The van der Waals surface area contributed by atoms with Gasteiger partial charge in [-0.1, -0.05) is 27.7 Å².